The van der Waals surface area contributed by atoms with E-state index in [4.69, 9.17) is 0 Å². The molecular weight excluding hydrogens is 320 g/mol. The first-order valence-corrected chi connectivity index (χ1v) is 7.61. The molecule has 1 aliphatic carbocycles. The average molecular weight is 339 g/mol. The third-order valence-electron chi connectivity index (χ3n) is 3.28. The van der Waals surface area contributed by atoms with Gasteiger partial charge in [-0.05, 0) is 40.4 Å². The van der Waals surface area contributed by atoms with E-state index in [2.05, 4.69) is 26.6 Å². The van der Waals surface area contributed by atoms with E-state index < -0.39 is 0 Å². The van der Waals surface area contributed by atoms with Crippen LogP contribution >= 0.6 is 15.9 Å². The molecule has 1 saturated carbocycles. The molecule has 108 valence electrons. The first-order valence-electron chi connectivity index (χ1n) is 6.82. The Morgan fingerprint density at radius 1 is 1.25 bits per heavy atom. The Kier molecular flexibility index (Phi) is 4.81. The van der Waals surface area contributed by atoms with Crippen molar-refractivity contribution < 1.29 is 9.59 Å². The predicted molar refractivity (Wildman–Crippen MR) is 82.2 cm³/mol. The molecule has 2 amide bonds. The molecule has 20 heavy (non-hydrogen) atoms. The lowest BCUT2D eigenvalue weighted by molar-refractivity contribution is -0.125. The van der Waals surface area contributed by atoms with Crippen LogP contribution in [-0.2, 0) is 9.59 Å². The van der Waals surface area contributed by atoms with Gasteiger partial charge in [0.05, 0.1) is 17.5 Å². The van der Waals surface area contributed by atoms with Crippen molar-refractivity contribution in [3.05, 3.63) is 28.7 Å². The number of amides is 2. The molecule has 5 heteroatoms. The van der Waals surface area contributed by atoms with Gasteiger partial charge < -0.3 is 10.6 Å². The van der Waals surface area contributed by atoms with Crippen molar-refractivity contribution in [2.24, 2.45) is 17.8 Å². The second-order valence-electron chi connectivity index (χ2n) is 5.56. The number of carbonyl (C=O) groups excluding carboxylic acids is 2. The van der Waals surface area contributed by atoms with Crippen molar-refractivity contribution in [1.82, 2.24) is 5.32 Å². The van der Waals surface area contributed by atoms with Gasteiger partial charge in [0.15, 0.2) is 0 Å². The van der Waals surface area contributed by atoms with E-state index in [-0.39, 0.29) is 23.7 Å². The average Bonchev–Trinajstić information content (AvgIpc) is 3.19. The number of hydrogen-bond donors (Lipinski definition) is 2. The molecule has 0 aliphatic heterocycles. The smallest absolute Gasteiger partial charge is 0.228 e. The standard InChI is InChI=1S/C15H19BrN2O2/c1-9(2)8-17-14(19)10-7-11(10)15(20)18-13-6-4-3-5-12(13)16/h3-6,9-11H,7-8H2,1-2H3,(H,17,19)(H,18,20). The topological polar surface area (TPSA) is 58.2 Å². The molecule has 0 bridgehead atoms. The third-order valence-corrected chi connectivity index (χ3v) is 3.97. The quantitative estimate of drug-likeness (QED) is 0.867. The van der Waals surface area contributed by atoms with Crippen LogP contribution in [0.2, 0.25) is 0 Å². The van der Waals surface area contributed by atoms with Crippen LogP contribution in [0.4, 0.5) is 5.69 Å². The van der Waals surface area contributed by atoms with Crippen molar-refractivity contribution in [2.45, 2.75) is 20.3 Å². The van der Waals surface area contributed by atoms with E-state index in [1.165, 1.54) is 0 Å². The van der Waals surface area contributed by atoms with Crippen LogP contribution in [0, 0.1) is 17.8 Å². The molecule has 0 spiro atoms. The van der Waals surface area contributed by atoms with E-state index in [1.807, 2.05) is 38.1 Å². The highest BCUT2D eigenvalue weighted by Gasteiger charge is 2.47. The zero-order valence-corrected chi connectivity index (χ0v) is 13.2. The third kappa shape index (κ3) is 3.82. The maximum Gasteiger partial charge on any atom is 0.228 e. The summed E-state index contributed by atoms with van der Waals surface area (Å²) in [6.07, 6.45) is 0.639. The summed E-state index contributed by atoms with van der Waals surface area (Å²) in [4.78, 5) is 23.9. The van der Waals surface area contributed by atoms with Gasteiger partial charge in [0.1, 0.15) is 0 Å². The van der Waals surface area contributed by atoms with E-state index in [1.54, 1.807) is 0 Å². The number of anilines is 1. The Labute approximate surface area is 127 Å². The number of rotatable bonds is 5. The van der Waals surface area contributed by atoms with Gasteiger partial charge in [-0.3, -0.25) is 9.59 Å². The zero-order chi connectivity index (χ0) is 14.7. The fraction of sp³-hybridized carbons (Fsp3) is 0.467. The predicted octanol–water partition coefficient (Wildman–Crippen LogP) is 2.80. The molecule has 2 atom stereocenters. The van der Waals surface area contributed by atoms with Gasteiger partial charge in [-0.1, -0.05) is 26.0 Å². The number of halogens is 1. The Hall–Kier alpha value is -1.36. The highest BCUT2D eigenvalue weighted by atomic mass is 79.9. The molecule has 0 aromatic heterocycles. The monoisotopic (exact) mass is 338 g/mol. The van der Waals surface area contributed by atoms with Gasteiger partial charge in [0, 0.05) is 11.0 Å². The first-order chi connectivity index (χ1) is 9.49. The normalized spacial score (nSPS) is 20.6. The van der Waals surface area contributed by atoms with Crippen LogP contribution in [0.15, 0.2) is 28.7 Å². The first kappa shape index (κ1) is 15.0. The van der Waals surface area contributed by atoms with Crippen LogP contribution < -0.4 is 10.6 Å². The largest absolute Gasteiger partial charge is 0.356 e. The van der Waals surface area contributed by atoms with Crippen molar-refractivity contribution in [3.63, 3.8) is 0 Å². The molecule has 2 N–H and O–H groups in total. The fourth-order valence-electron chi connectivity index (χ4n) is 2.00. The summed E-state index contributed by atoms with van der Waals surface area (Å²) >= 11 is 3.39. The minimum atomic E-state index is -0.200. The Bertz CT molecular complexity index is 516. The summed E-state index contributed by atoms with van der Waals surface area (Å²) in [6, 6.07) is 7.45. The molecular formula is C15H19BrN2O2. The molecule has 4 nitrogen and oxygen atoms in total. The maximum absolute atomic E-state index is 12.1. The van der Waals surface area contributed by atoms with E-state index in [0.29, 0.717) is 18.9 Å². The summed E-state index contributed by atoms with van der Waals surface area (Å²) in [5, 5.41) is 5.73. The van der Waals surface area contributed by atoms with Crippen LogP contribution in [-0.4, -0.2) is 18.4 Å². The molecule has 1 fully saturated rings. The second-order valence-corrected chi connectivity index (χ2v) is 6.41. The SMILES string of the molecule is CC(C)CNC(=O)C1CC1C(=O)Nc1ccccc1Br. The van der Waals surface area contributed by atoms with Crippen LogP contribution in [0.3, 0.4) is 0 Å². The van der Waals surface area contributed by atoms with Gasteiger partial charge in [-0.2, -0.15) is 0 Å². The number of para-hydroxylation sites is 1. The summed E-state index contributed by atoms with van der Waals surface area (Å²) in [5.41, 5.74) is 0.741. The van der Waals surface area contributed by atoms with Crippen LogP contribution in [0.1, 0.15) is 20.3 Å². The number of benzene rings is 1. The molecule has 1 aromatic carbocycles. The summed E-state index contributed by atoms with van der Waals surface area (Å²) < 4.78 is 0.842. The molecule has 2 unspecified atom stereocenters. The van der Waals surface area contributed by atoms with Crippen molar-refractivity contribution in [3.8, 4) is 0 Å². The Balaban J connectivity index is 1.84. The van der Waals surface area contributed by atoms with Crippen molar-refractivity contribution in [2.75, 3.05) is 11.9 Å². The minimum absolute atomic E-state index is 0.00835. The van der Waals surface area contributed by atoms with E-state index >= 15 is 0 Å². The molecule has 1 aliphatic rings. The summed E-state index contributed by atoms with van der Waals surface area (Å²) in [5.74, 6) is -0.0386. The van der Waals surface area contributed by atoms with Gasteiger partial charge in [-0.15, -0.1) is 0 Å². The molecule has 0 heterocycles. The van der Waals surface area contributed by atoms with Crippen molar-refractivity contribution in [1.29, 1.82) is 0 Å². The Morgan fingerprint density at radius 2 is 1.90 bits per heavy atom. The van der Waals surface area contributed by atoms with E-state index in [0.717, 1.165) is 10.2 Å². The summed E-state index contributed by atoms with van der Waals surface area (Å²) in [7, 11) is 0. The lowest BCUT2D eigenvalue weighted by atomic mass is 10.2. The summed E-state index contributed by atoms with van der Waals surface area (Å²) in [6.45, 7) is 4.75. The number of carbonyl (C=O) groups is 2. The van der Waals surface area contributed by atoms with Gasteiger partial charge in [-0.25, -0.2) is 0 Å². The molecule has 2 rings (SSSR count). The minimum Gasteiger partial charge on any atom is -0.356 e. The lowest BCUT2D eigenvalue weighted by Gasteiger charge is -2.08. The molecule has 0 saturated heterocycles. The second kappa shape index (κ2) is 6.39. The zero-order valence-electron chi connectivity index (χ0n) is 11.7. The maximum atomic E-state index is 12.1. The molecule has 1 aromatic rings. The fourth-order valence-corrected chi connectivity index (χ4v) is 2.38. The number of nitrogens with one attached hydrogen (secondary N) is 2. The number of hydrogen-bond acceptors (Lipinski definition) is 2. The van der Waals surface area contributed by atoms with Gasteiger partial charge in [0.25, 0.3) is 0 Å². The molecule has 0 radical (unpaired) electrons. The lowest BCUT2D eigenvalue weighted by Crippen LogP contribution is -2.30. The van der Waals surface area contributed by atoms with Gasteiger partial charge >= 0.3 is 0 Å². The Morgan fingerprint density at radius 3 is 2.55 bits per heavy atom. The van der Waals surface area contributed by atoms with Gasteiger partial charge in [0.2, 0.25) is 11.8 Å². The van der Waals surface area contributed by atoms with E-state index in [9.17, 15) is 9.59 Å². The highest BCUT2D eigenvalue weighted by molar-refractivity contribution is 9.10. The van der Waals surface area contributed by atoms with Crippen molar-refractivity contribution >= 4 is 33.4 Å². The van der Waals surface area contributed by atoms with Crippen LogP contribution in [0.25, 0.3) is 0 Å². The van der Waals surface area contributed by atoms with Crippen LogP contribution in [0.5, 0.6) is 0 Å². The highest BCUT2D eigenvalue weighted by Crippen LogP contribution is 2.39.